The Balaban J connectivity index is 2.28. The van der Waals surface area contributed by atoms with Gasteiger partial charge in [-0.05, 0) is 18.8 Å². The Labute approximate surface area is 112 Å². The van der Waals surface area contributed by atoms with Gasteiger partial charge >= 0.3 is 5.97 Å². The van der Waals surface area contributed by atoms with E-state index in [4.69, 9.17) is 5.11 Å². The number of carbonyl (C=O) groups is 1. The molecule has 0 aliphatic carbocycles. The molecule has 0 spiro atoms. The maximum Gasteiger partial charge on any atom is 0.322 e. The lowest BCUT2D eigenvalue weighted by atomic mass is 10.0. The number of sulfonamides is 1. The highest BCUT2D eigenvalue weighted by Gasteiger charge is 2.48. The molecule has 0 bridgehead atoms. The molecule has 19 heavy (non-hydrogen) atoms. The molecule has 7 nitrogen and oxygen atoms in total. The first-order chi connectivity index (χ1) is 8.65. The molecule has 0 aromatic heterocycles. The van der Waals surface area contributed by atoms with Crippen LogP contribution in [0.5, 0.6) is 0 Å². The fourth-order valence-corrected chi connectivity index (χ4v) is 7.53. The summed E-state index contributed by atoms with van der Waals surface area (Å²) in [6.07, 6.45) is 0.539. The second-order valence-corrected chi connectivity index (χ2v) is 9.62. The van der Waals surface area contributed by atoms with Crippen molar-refractivity contribution in [3.8, 4) is 0 Å². The topological polar surface area (TPSA) is 109 Å². The number of carboxylic acid groups (broad SMARTS) is 1. The average Bonchev–Trinajstić information content (AvgIpc) is 2.81. The predicted octanol–water partition coefficient (Wildman–Crippen LogP) is -0.702. The van der Waals surface area contributed by atoms with Crippen LogP contribution in [0.2, 0.25) is 0 Å². The van der Waals surface area contributed by atoms with Crippen LogP contribution >= 0.6 is 0 Å². The van der Waals surface area contributed by atoms with Gasteiger partial charge in [-0.2, -0.15) is 4.31 Å². The van der Waals surface area contributed by atoms with Crippen molar-refractivity contribution in [1.82, 2.24) is 4.31 Å². The van der Waals surface area contributed by atoms with Gasteiger partial charge in [0.1, 0.15) is 6.04 Å². The summed E-state index contributed by atoms with van der Waals surface area (Å²) in [5, 5.41) is 8.14. The van der Waals surface area contributed by atoms with Gasteiger partial charge in [0.15, 0.2) is 9.84 Å². The van der Waals surface area contributed by atoms with E-state index < -0.39 is 42.9 Å². The SMILES string of the molecule is CC1CCN(S(=O)(=O)C2CCS(=O)(=O)C2)C1C(=O)O. The fourth-order valence-electron chi connectivity index (χ4n) is 2.75. The van der Waals surface area contributed by atoms with Crippen molar-refractivity contribution in [3.05, 3.63) is 0 Å². The lowest BCUT2D eigenvalue weighted by Gasteiger charge is -2.25. The normalized spacial score (nSPS) is 35.5. The van der Waals surface area contributed by atoms with E-state index in [9.17, 15) is 21.6 Å². The van der Waals surface area contributed by atoms with Crippen LogP contribution in [-0.4, -0.2) is 61.6 Å². The van der Waals surface area contributed by atoms with Gasteiger partial charge in [-0.1, -0.05) is 6.92 Å². The summed E-state index contributed by atoms with van der Waals surface area (Å²) < 4.78 is 48.5. The average molecular weight is 311 g/mol. The lowest BCUT2D eigenvalue weighted by molar-refractivity contribution is -0.141. The Bertz CT molecular complexity index is 581. The third kappa shape index (κ3) is 2.63. The molecule has 2 saturated heterocycles. The highest BCUT2D eigenvalue weighted by molar-refractivity contribution is 7.95. The molecule has 0 radical (unpaired) electrons. The van der Waals surface area contributed by atoms with E-state index in [2.05, 4.69) is 0 Å². The minimum absolute atomic E-state index is 0.0574. The summed E-state index contributed by atoms with van der Waals surface area (Å²) in [5.74, 6) is -1.97. The second kappa shape index (κ2) is 4.71. The Morgan fingerprint density at radius 2 is 1.95 bits per heavy atom. The number of rotatable bonds is 3. The van der Waals surface area contributed by atoms with Crippen LogP contribution in [-0.2, 0) is 24.7 Å². The van der Waals surface area contributed by atoms with E-state index >= 15 is 0 Å². The van der Waals surface area contributed by atoms with E-state index in [1.165, 1.54) is 0 Å². The zero-order valence-electron chi connectivity index (χ0n) is 10.5. The molecule has 0 aromatic carbocycles. The summed E-state index contributed by atoms with van der Waals surface area (Å²) in [6, 6.07) is -1.08. The van der Waals surface area contributed by atoms with Crippen LogP contribution in [0.1, 0.15) is 19.8 Å². The van der Waals surface area contributed by atoms with E-state index in [0.717, 1.165) is 4.31 Å². The number of carboxylic acids is 1. The van der Waals surface area contributed by atoms with E-state index in [0.29, 0.717) is 6.42 Å². The van der Waals surface area contributed by atoms with Crippen molar-refractivity contribution in [1.29, 1.82) is 0 Å². The maximum atomic E-state index is 12.4. The highest BCUT2D eigenvalue weighted by Crippen LogP contribution is 2.31. The van der Waals surface area contributed by atoms with Crippen LogP contribution in [0.3, 0.4) is 0 Å². The van der Waals surface area contributed by atoms with E-state index in [1.54, 1.807) is 6.92 Å². The lowest BCUT2D eigenvalue weighted by Crippen LogP contribution is -2.47. The van der Waals surface area contributed by atoms with Gasteiger partial charge in [0.25, 0.3) is 0 Å². The van der Waals surface area contributed by atoms with Gasteiger partial charge in [0.2, 0.25) is 10.0 Å². The number of hydrogen-bond donors (Lipinski definition) is 1. The maximum absolute atomic E-state index is 12.4. The third-order valence-electron chi connectivity index (χ3n) is 3.85. The van der Waals surface area contributed by atoms with Gasteiger partial charge in [-0.25, -0.2) is 16.8 Å². The quantitative estimate of drug-likeness (QED) is 0.738. The third-order valence-corrected chi connectivity index (χ3v) is 8.13. The molecule has 2 aliphatic rings. The smallest absolute Gasteiger partial charge is 0.322 e. The first-order valence-corrected chi connectivity index (χ1v) is 9.41. The van der Waals surface area contributed by atoms with Crippen LogP contribution in [0.15, 0.2) is 0 Å². The van der Waals surface area contributed by atoms with Crippen molar-refractivity contribution in [2.24, 2.45) is 5.92 Å². The molecular weight excluding hydrogens is 294 g/mol. The predicted molar refractivity (Wildman–Crippen MR) is 67.9 cm³/mol. The van der Waals surface area contributed by atoms with Gasteiger partial charge in [-0.15, -0.1) is 0 Å². The fraction of sp³-hybridized carbons (Fsp3) is 0.900. The largest absolute Gasteiger partial charge is 0.480 e. The molecule has 0 saturated carbocycles. The Hall–Kier alpha value is -0.670. The summed E-state index contributed by atoms with van der Waals surface area (Å²) in [7, 11) is -7.18. The van der Waals surface area contributed by atoms with E-state index in [1.807, 2.05) is 0 Å². The molecule has 2 aliphatic heterocycles. The minimum Gasteiger partial charge on any atom is -0.480 e. The Morgan fingerprint density at radius 1 is 1.32 bits per heavy atom. The molecule has 2 rings (SSSR count). The van der Waals surface area contributed by atoms with Crippen LogP contribution in [0.4, 0.5) is 0 Å². The molecule has 1 N–H and O–H groups in total. The summed E-state index contributed by atoms with van der Waals surface area (Å²) in [6.45, 7) is 1.84. The molecule has 3 atom stereocenters. The first-order valence-electron chi connectivity index (χ1n) is 6.09. The number of nitrogens with zero attached hydrogens (tertiary/aromatic N) is 1. The van der Waals surface area contributed by atoms with Gasteiger partial charge in [0.05, 0.1) is 16.8 Å². The van der Waals surface area contributed by atoms with Crippen molar-refractivity contribution >= 4 is 25.8 Å². The molecule has 110 valence electrons. The Morgan fingerprint density at radius 3 is 2.42 bits per heavy atom. The molecular formula is C10H17NO6S2. The molecule has 3 unspecified atom stereocenters. The van der Waals surface area contributed by atoms with Gasteiger partial charge in [0, 0.05) is 6.54 Å². The van der Waals surface area contributed by atoms with Gasteiger partial charge in [-0.3, -0.25) is 4.79 Å². The molecule has 2 fully saturated rings. The number of hydrogen-bond acceptors (Lipinski definition) is 5. The molecule has 0 amide bonds. The van der Waals surface area contributed by atoms with Crippen molar-refractivity contribution in [3.63, 3.8) is 0 Å². The van der Waals surface area contributed by atoms with Crippen molar-refractivity contribution < 1.29 is 26.7 Å². The van der Waals surface area contributed by atoms with Crippen molar-refractivity contribution in [2.75, 3.05) is 18.1 Å². The molecule has 2 heterocycles. The molecule has 0 aromatic rings. The van der Waals surface area contributed by atoms with Gasteiger partial charge < -0.3 is 5.11 Å². The summed E-state index contributed by atoms with van der Waals surface area (Å²) >= 11 is 0. The van der Waals surface area contributed by atoms with Crippen molar-refractivity contribution in [2.45, 2.75) is 31.1 Å². The minimum atomic E-state index is -3.86. The number of aliphatic carboxylic acids is 1. The number of sulfone groups is 1. The van der Waals surface area contributed by atoms with Crippen LogP contribution < -0.4 is 0 Å². The summed E-state index contributed by atoms with van der Waals surface area (Å²) in [4.78, 5) is 11.2. The summed E-state index contributed by atoms with van der Waals surface area (Å²) in [5.41, 5.74) is 0. The Kier molecular flexibility index (Phi) is 3.65. The van der Waals surface area contributed by atoms with Crippen LogP contribution in [0.25, 0.3) is 0 Å². The van der Waals surface area contributed by atoms with Crippen LogP contribution in [0, 0.1) is 5.92 Å². The zero-order valence-corrected chi connectivity index (χ0v) is 12.2. The monoisotopic (exact) mass is 311 g/mol. The highest BCUT2D eigenvalue weighted by atomic mass is 32.2. The second-order valence-electron chi connectivity index (χ2n) is 5.23. The molecule has 9 heteroatoms. The zero-order chi connectivity index (χ0) is 14.4. The standard InChI is InChI=1S/C10H17NO6S2/c1-7-2-4-11(9(7)10(12)13)19(16,17)8-3-5-18(14,15)6-8/h7-9H,2-6H2,1H3,(H,12,13). The first kappa shape index (κ1) is 14.7. The van der Waals surface area contributed by atoms with E-state index in [-0.39, 0.29) is 24.6 Å².